The summed E-state index contributed by atoms with van der Waals surface area (Å²) in [6.45, 7) is 0. The molecule has 2 aromatic rings. The second-order valence-electron chi connectivity index (χ2n) is 4.80. The average Bonchev–Trinajstić information content (AvgIpc) is 3.07. The SMILES string of the molecule is NC1(c2nc3cc(C(F)(F)F)ccc3c(=O)[nH]2)CC1. The zero-order valence-corrected chi connectivity index (χ0v) is 9.71. The van der Waals surface area contributed by atoms with Crippen molar-refractivity contribution in [1.29, 1.82) is 0 Å². The number of H-pyrrole nitrogens is 1. The molecular formula is C12H10F3N3O. The van der Waals surface area contributed by atoms with Crippen LogP contribution in [0.15, 0.2) is 23.0 Å². The van der Waals surface area contributed by atoms with Gasteiger partial charge in [-0.3, -0.25) is 4.79 Å². The number of aromatic amines is 1. The van der Waals surface area contributed by atoms with Crippen LogP contribution in [0.25, 0.3) is 10.9 Å². The Morgan fingerprint density at radius 2 is 2.00 bits per heavy atom. The third-order valence-corrected chi connectivity index (χ3v) is 3.29. The molecule has 0 aliphatic heterocycles. The monoisotopic (exact) mass is 269 g/mol. The lowest BCUT2D eigenvalue weighted by atomic mass is 10.1. The molecule has 7 heteroatoms. The van der Waals surface area contributed by atoms with Crippen molar-refractivity contribution in [3.05, 3.63) is 39.9 Å². The second kappa shape index (κ2) is 3.57. The van der Waals surface area contributed by atoms with Crippen LogP contribution in [0.3, 0.4) is 0 Å². The lowest BCUT2D eigenvalue weighted by Gasteiger charge is -2.10. The van der Waals surface area contributed by atoms with Gasteiger partial charge in [-0.15, -0.1) is 0 Å². The summed E-state index contributed by atoms with van der Waals surface area (Å²) in [5.41, 5.74) is 3.93. The maximum atomic E-state index is 12.6. The zero-order valence-electron chi connectivity index (χ0n) is 9.71. The second-order valence-corrected chi connectivity index (χ2v) is 4.80. The summed E-state index contributed by atoms with van der Waals surface area (Å²) in [7, 11) is 0. The fraction of sp³-hybridized carbons (Fsp3) is 0.333. The molecule has 0 radical (unpaired) electrons. The van der Waals surface area contributed by atoms with Crippen molar-refractivity contribution in [1.82, 2.24) is 9.97 Å². The zero-order chi connectivity index (χ0) is 13.8. The molecule has 0 spiro atoms. The summed E-state index contributed by atoms with van der Waals surface area (Å²) in [6, 6.07) is 2.87. The van der Waals surface area contributed by atoms with Crippen LogP contribution >= 0.6 is 0 Å². The van der Waals surface area contributed by atoms with Crippen LogP contribution in [0.2, 0.25) is 0 Å². The highest BCUT2D eigenvalue weighted by molar-refractivity contribution is 5.78. The highest BCUT2D eigenvalue weighted by Gasteiger charge is 2.43. The number of nitrogens with two attached hydrogens (primary N) is 1. The first-order valence-corrected chi connectivity index (χ1v) is 5.70. The van der Waals surface area contributed by atoms with Gasteiger partial charge in [0.05, 0.1) is 22.0 Å². The maximum Gasteiger partial charge on any atom is 0.416 e. The summed E-state index contributed by atoms with van der Waals surface area (Å²) < 4.78 is 37.9. The van der Waals surface area contributed by atoms with Crippen LogP contribution in [0.1, 0.15) is 24.2 Å². The first-order valence-electron chi connectivity index (χ1n) is 5.70. The van der Waals surface area contributed by atoms with Gasteiger partial charge >= 0.3 is 6.18 Å². The minimum absolute atomic E-state index is 0.0188. The fourth-order valence-electron chi connectivity index (χ4n) is 1.92. The van der Waals surface area contributed by atoms with Gasteiger partial charge in [0.2, 0.25) is 0 Å². The number of halogens is 3. The van der Waals surface area contributed by atoms with Crippen molar-refractivity contribution in [3.63, 3.8) is 0 Å². The Balaban J connectivity index is 2.24. The van der Waals surface area contributed by atoms with E-state index in [0.29, 0.717) is 12.8 Å². The molecule has 1 saturated carbocycles. The Kier molecular flexibility index (Phi) is 2.28. The molecule has 0 saturated heterocycles. The summed E-state index contributed by atoms with van der Waals surface area (Å²) in [5.74, 6) is 0.254. The lowest BCUT2D eigenvalue weighted by molar-refractivity contribution is -0.137. The van der Waals surface area contributed by atoms with Crippen molar-refractivity contribution in [2.75, 3.05) is 0 Å². The number of alkyl halides is 3. The number of aromatic nitrogens is 2. The van der Waals surface area contributed by atoms with E-state index in [1.807, 2.05) is 0 Å². The Hall–Kier alpha value is -1.89. The van der Waals surface area contributed by atoms with E-state index < -0.39 is 22.8 Å². The smallest absolute Gasteiger partial charge is 0.319 e. The Bertz CT molecular complexity index is 711. The molecule has 1 heterocycles. The highest BCUT2D eigenvalue weighted by atomic mass is 19.4. The molecule has 0 bridgehead atoms. The van der Waals surface area contributed by atoms with E-state index in [4.69, 9.17) is 5.73 Å². The number of hydrogen-bond donors (Lipinski definition) is 2. The van der Waals surface area contributed by atoms with Crippen LogP contribution in [0, 0.1) is 0 Å². The quantitative estimate of drug-likeness (QED) is 0.830. The van der Waals surface area contributed by atoms with Gasteiger partial charge in [-0.1, -0.05) is 0 Å². The van der Waals surface area contributed by atoms with Crippen molar-refractivity contribution in [2.45, 2.75) is 24.6 Å². The van der Waals surface area contributed by atoms with E-state index in [-0.39, 0.29) is 16.7 Å². The van der Waals surface area contributed by atoms with Gasteiger partial charge in [-0.25, -0.2) is 4.98 Å². The molecule has 3 N–H and O–H groups in total. The van der Waals surface area contributed by atoms with E-state index in [1.165, 1.54) is 0 Å². The fourth-order valence-corrected chi connectivity index (χ4v) is 1.92. The maximum absolute atomic E-state index is 12.6. The van der Waals surface area contributed by atoms with Crippen LogP contribution in [-0.2, 0) is 11.7 Å². The van der Waals surface area contributed by atoms with Crippen molar-refractivity contribution >= 4 is 10.9 Å². The summed E-state index contributed by atoms with van der Waals surface area (Å²) >= 11 is 0. The number of hydrogen-bond acceptors (Lipinski definition) is 3. The first kappa shape index (κ1) is 12.2. The minimum Gasteiger partial charge on any atom is -0.319 e. The number of benzene rings is 1. The van der Waals surface area contributed by atoms with E-state index in [1.54, 1.807) is 0 Å². The van der Waals surface area contributed by atoms with Crippen LogP contribution in [0.4, 0.5) is 13.2 Å². The topological polar surface area (TPSA) is 71.8 Å². The molecule has 0 unspecified atom stereocenters. The van der Waals surface area contributed by atoms with Crippen LogP contribution in [0.5, 0.6) is 0 Å². The van der Waals surface area contributed by atoms with E-state index in [0.717, 1.165) is 18.2 Å². The van der Waals surface area contributed by atoms with Crippen molar-refractivity contribution in [3.8, 4) is 0 Å². The van der Waals surface area contributed by atoms with Gasteiger partial charge in [0.25, 0.3) is 5.56 Å². The van der Waals surface area contributed by atoms with Crippen molar-refractivity contribution in [2.24, 2.45) is 5.73 Å². The average molecular weight is 269 g/mol. The predicted molar refractivity (Wildman–Crippen MR) is 62.5 cm³/mol. The molecule has 1 aliphatic carbocycles. The number of fused-ring (bicyclic) bond motifs is 1. The van der Waals surface area contributed by atoms with Gasteiger partial charge in [0, 0.05) is 0 Å². The van der Waals surface area contributed by atoms with Gasteiger partial charge in [0.1, 0.15) is 5.82 Å². The van der Waals surface area contributed by atoms with E-state index in [2.05, 4.69) is 9.97 Å². The Morgan fingerprint density at radius 3 is 2.58 bits per heavy atom. The van der Waals surface area contributed by atoms with Crippen LogP contribution < -0.4 is 11.3 Å². The van der Waals surface area contributed by atoms with Gasteiger partial charge in [-0.05, 0) is 31.0 Å². The van der Waals surface area contributed by atoms with Gasteiger partial charge in [-0.2, -0.15) is 13.2 Å². The molecule has 3 rings (SSSR count). The molecule has 1 aromatic carbocycles. The molecule has 19 heavy (non-hydrogen) atoms. The number of nitrogens with one attached hydrogen (secondary N) is 1. The third-order valence-electron chi connectivity index (χ3n) is 3.29. The molecule has 0 atom stereocenters. The molecule has 1 aliphatic rings. The summed E-state index contributed by atoms with van der Waals surface area (Å²) in [4.78, 5) is 18.4. The molecular weight excluding hydrogens is 259 g/mol. The molecule has 1 fully saturated rings. The molecule has 1 aromatic heterocycles. The molecule has 100 valence electrons. The summed E-state index contributed by atoms with van der Waals surface area (Å²) in [5, 5.41) is 0.126. The first-order chi connectivity index (χ1) is 8.79. The van der Waals surface area contributed by atoms with E-state index in [9.17, 15) is 18.0 Å². The minimum atomic E-state index is -4.46. The van der Waals surface area contributed by atoms with Gasteiger partial charge in [0.15, 0.2) is 0 Å². The summed E-state index contributed by atoms with van der Waals surface area (Å²) in [6.07, 6.45) is -3.13. The standard InChI is InChI=1S/C12H10F3N3O/c13-12(14,15)6-1-2-7-8(5-6)17-10(18-9(7)19)11(16)3-4-11/h1-2,5H,3-4,16H2,(H,17,18,19). The molecule has 0 amide bonds. The third kappa shape index (κ3) is 1.99. The van der Waals surface area contributed by atoms with Crippen LogP contribution in [-0.4, -0.2) is 9.97 Å². The van der Waals surface area contributed by atoms with Crippen molar-refractivity contribution < 1.29 is 13.2 Å². The number of rotatable bonds is 1. The normalized spacial score (nSPS) is 17.7. The molecule has 4 nitrogen and oxygen atoms in total. The predicted octanol–water partition coefficient (Wildman–Crippen LogP) is 1.89. The van der Waals surface area contributed by atoms with E-state index >= 15 is 0 Å². The number of nitrogens with zero attached hydrogens (tertiary/aromatic N) is 1. The Morgan fingerprint density at radius 1 is 1.32 bits per heavy atom. The Labute approximate surface area is 105 Å². The largest absolute Gasteiger partial charge is 0.416 e. The lowest BCUT2D eigenvalue weighted by Crippen LogP contribution is -2.26. The highest BCUT2D eigenvalue weighted by Crippen LogP contribution is 2.40. The van der Waals surface area contributed by atoms with Gasteiger partial charge < -0.3 is 10.7 Å².